The maximum Gasteiger partial charge on any atom is 0.0896 e. The molecule has 0 N–H and O–H groups in total. The van der Waals surface area contributed by atoms with E-state index < -0.39 is 0 Å². The van der Waals surface area contributed by atoms with Gasteiger partial charge in [0, 0.05) is 7.11 Å². The van der Waals surface area contributed by atoms with Crippen LogP contribution in [0.15, 0.2) is 54.6 Å². The first kappa shape index (κ1) is 12.8. The lowest BCUT2D eigenvalue weighted by atomic mass is 9.91. The molecule has 0 aliphatic heterocycles. The fourth-order valence-electron chi connectivity index (χ4n) is 2.11. The van der Waals surface area contributed by atoms with Crippen molar-refractivity contribution in [2.75, 3.05) is 7.11 Å². The maximum atomic E-state index is 5.62. The van der Waals surface area contributed by atoms with Gasteiger partial charge in [-0.1, -0.05) is 61.5 Å². The van der Waals surface area contributed by atoms with Crippen LogP contribution in [0.3, 0.4) is 0 Å². The standard InChI is InChI=1S/C17H20O/c1-4-17(2,18-3)16-12-10-15(11-13-16)14-8-6-5-7-9-14/h5-13H,4H2,1-3H3. The average Bonchev–Trinajstić information content (AvgIpc) is 2.47. The Labute approximate surface area is 109 Å². The minimum atomic E-state index is -0.185. The van der Waals surface area contributed by atoms with Gasteiger partial charge >= 0.3 is 0 Å². The van der Waals surface area contributed by atoms with Crippen molar-refractivity contribution in [1.29, 1.82) is 0 Å². The molecule has 0 amide bonds. The zero-order valence-electron chi connectivity index (χ0n) is 11.3. The molecular formula is C17H20O. The second-order valence-electron chi connectivity index (χ2n) is 4.73. The molecule has 18 heavy (non-hydrogen) atoms. The highest BCUT2D eigenvalue weighted by Gasteiger charge is 2.23. The summed E-state index contributed by atoms with van der Waals surface area (Å²) in [5, 5.41) is 0. The van der Waals surface area contributed by atoms with Crippen LogP contribution in [0, 0.1) is 0 Å². The van der Waals surface area contributed by atoms with Crippen LogP contribution in [0.4, 0.5) is 0 Å². The summed E-state index contributed by atoms with van der Waals surface area (Å²) in [6, 6.07) is 19.1. The highest BCUT2D eigenvalue weighted by Crippen LogP contribution is 2.30. The van der Waals surface area contributed by atoms with Crippen LogP contribution in [-0.2, 0) is 10.3 Å². The largest absolute Gasteiger partial charge is 0.374 e. The van der Waals surface area contributed by atoms with E-state index in [1.165, 1.54) is 16.7 Å². The first-order valence-corrected chi connectivity index (χ1v) is 6.41. The summed E-state index contributed by atoms with van der Waals surface area (Å²) >= 11 is 0. The van der Waals surface area contributed by atoms with E-state index in [9.17, 15) is 0 Å². The van der Waals surface area contributed by atoms with Gasteiger partial charge in [-0.25, -0.2) is 0 Å². The van der Waals surface area contributed by atoms with Gasteiger partial charge in [0.2, 0.25) is 0 Å². The summed E-state index contributed by atoms with van der Waals surface area (Å²) in [6.07, 6.45) is 0.966. The van der Waals surface area contributed by atoms with Crippen LogP contribution in [0.1, 0.15) is 25.8 Å². The zero-order chi connectivity index (χ0) is 13.0. The summed E-state index contributed by atoms with van der Waals surface area (Å²) in [6.45, 7) is 4.28. The fraction of sp³-hybridized carbons (Fsp3) is 0.294. The number of rotatable bonds is 4. The van der Waals surface area contributed by atoms with Crippen molar-refractivity contribution in [2.45, 2.75) is 25.9 Å². The Bertz CT molecular complexity index is 481. The van der Waals surface area contributed by atoms with Crippen LogP contribution in [-0.4, -0.2) is 7.11 Å². The maximum absolute atomic E-state index is 5.62. The Kier molecular flexibility index (Phi) is 3.83. The van der Waals surface area contributed by atoms with Crippen molar-refractivity contribution in [3.05, 3.63) is 60.2 Å². The molecule has 94 valence electrons. The first-order chi connectivity index (χ1) is 8.69. The van der Waals surface area contributed by atoms with E-state index in [0.717, 1.165) is 6.42 Å². The molecule has 1 heteroatoms. The third kappa shape index (κ3) is 2.46. The first-order valence-electron chi connectivity index (χ1n) is 6.41. The van der Waals surface area contributed by atoms with Crippen molar-refractivity contribution in [3.8, 4) is 11.1 Å². The Morgan fingerprint density at radius 1 is 0.889 bits per heavy atom. The van der Waals surface area contributed by atoms with E-state index in [2.05, 4.69) is 62.4 Å². The van der Waals surface area contributed by atoms with Crippen LogP contribution in [0.2, 0.25) is 0 Å². The Hall–Kier alpha value is -1.60. The molecule has 0 radical (unpaired) electrons. The quantitative estimate of drug-likeness (QED) is 0.757. The highest BCUT2D eigenvalue weighted by molar-refractivity contribution is 5.63. The molecule has 2 aromatic carbocycles. The van der Waals surface area contributed by atoms with Crippen molar-refractivity contribution in [3.63, 3.8) is 0 Å². The van der Waals surface area contributed by atoms with Crippen molar-refractivity contribution < 1.29 is 4.74 Å². The average molecular weight is 240 g/mol. The van der Waals surface area contributed by atoms with E-state index in [-0.39, 0.29) is 5.60 Å². The molecule has 0 heterocycles. The minimum absolute atomic E-state index is 0.185. The summed E-state index contributed by atoms with van der Waals surface area (Å²) in [5.41, 5.74) is 3.54. The van der Waals surface area contributed by atoms with Gasteiger partial charge in [0.25, 0.3) is 0 Å². The molecule has 0 aliphatic rings. The zero-order valence-corrected chi connectivity index (χ0v) is 11.3. The van der Waals surface area contributed by atoms with Gasteiger partial charge < -0.3 is 4.74 Å². The summed E-state index contributed by atoms with van der Waals surface area (Å²) in [7, 11) is 1.77. The molecule has 2 aromatic rings. The molecular weight excluding hydrogens is 220 g/mol. The fourth-order valence-corrected chi connectivity index (χ4v) is 2.11. The molecule has 1 unspecified atom stereocenters. The predicted octanol–water partition coefficient (Wildman–Crippen LogP) is 4.63. The molecule has 0 aliphatic carbocycles. The summed E-state index contributed by atoms with van der Waals surface area (Å²) in [5.74, 6) is 0. The Morgan fingerprint density at radius 3 is 1.94 bits per heavy atom. The van der Waals surface area contributed by atoms with Crippen molar-refractivity contribution >= 4 is 0 Å². The van der Waals surface area contributed by atoms with E-state index in [0.29, 0.717) is 0 Å². The second kappa shape index (κ2) is 5.36. The molecule has 0 saturated heterocycles. The third-order valence-corrected chi connectivity index (χ3v) is 3.73. The van der Waals surface area contributed by atoms with E-state index in [1.54, 1.807) is 7.11 Å². The lowest BCUT2D eigenvalue weighted by Crippen LogP contribution is -2.22. The van der Waals surface area contributed by atoms with Gasteiger partial charge in [0.15, 0.2) is 0 Å². The lowest BCUT2D eigenvalue weighted by Gasteiger charge is -2.27. The second-order valence-corrected chi connectivity index (χ2v) is 4.73. The van der Waals surface area contributed by atoms with Gasteiger partial charge in [0.05, 0.1) is 5.60 Å². The van der Waals surface area contributed by atoms with E-state index >= 15 is 0 Å². The molecule has 0 fully saturated rings. The van der Waals surface area contributed by atoms with Gasteiger partial charge in [-0.2, -0.15) is 0 Å². The molecule has 1 nitrogen and oxygen atoms in total. The van der Waals surface area contributed by atoms with Crippen LogP contribution in [0.5, 0.6) is 0 Å². The molecule has 0 bridgehead atoms. The van der Waals surface area contributed by atoms with E-state index in [4.69, 9.17) is 4.74 Å². The molecule has 0 saturated carbocycles. The molecule has 2 rings (SSSR count). The monoisotopic (exact) mass is 240 g/mol. The van der Waals surface area contributed by atoms with Gasteiger partial charge in [-0.3, -0.25) is 0 Å². The van der Waals surface area contributed by atoms with Crippen LogP contribution < -0.4 is 0 Å². The Balaban J connectivity index is 2.31. The van der Waals surface area contributed by atoms with E-state index in [1.807, 2.05) is 6.07 Å². The number of hydrogen-bond acceptors (Lipinski definition) is 1. The third-order valence-electron chi connectivity index (χ3n) is 3.73. The topological polar surface area (TPSA) is 9.23 Å². The number of hydrogen-bond donors (Lipinski definition) is 0. The molecule has 0 aromatic heterocycles. The number of ether oxygens (including phenoxy) is 1. The molecule has 1 atom stereocenters. The van der Waals surface area contributed by atoms with Gasteiger partial charge in [-0.15, -0.1) is 0 Å². The SMILES string of the molecule is CCC(C)(OC)c1ccc(-c2ccccc2)cc1. The number of methoxy groups -OCH3 is 1. The highest BCUT2D eigenvalue weighted by atomic mass is 16.5. The Morgan fingerprint density at radius 2 is 1.44 bits per heavy atom. The predicted molar refractivity (Wildman–Crippen MR) is 76.5 cm³/mol. The van der Waals surface area contributed by atoms with Gasteiger partial charge in [0.1, 0.15) is 0 Å². The van der Waals surface area contributed by atoms with Crippen molar-refractivity contribution in [1.82, 2.24) is 0 Å². The van der Waals surface area contributed by atoms with Crippen LogP contribution >= 0.6 is 0 Å². The smallest absolute Gasteiger partial charge is 0.0896 e. The van der Waals surface area contributed by atoms with Gasteiger partial charge in [-0.05, 0) is 30.0 Å². The van der Waals surface area contributed by atoms with Crippen LogP contribution in [0.25, 0.3) is 11.1 Å². The van der Waals surface area contributed by atoms with Crippen molar-refractivity contribution in [2.24, 2.45) is 0 Å². The summed E-state index contributed by atoms with van der Waals surface area (Å²) < 4.78 is 5.62. The lowest BCUT2D eigenvalue weighted by molar-refractivity contribution is -0.00138. The normalized spacial score (nSPS) is 14.2. The minimum Gasteiger partial charge on any atom is -0.374 e. The molecule has 0 spiro atoms. The summed E-state index contributed by atoms with van der Waals surface area (Å²) in [4.78, 5) is 0. The number of benzene rings is 2.